The number of thioether (sulfide) groups is 1. The Morgan fingerprint density at radius 3 is 1.87 bits per heavy atom. The van der Waals surface area contributed by atoms with E-state index >= 15 is 0 Å². The second kappa shape index (κ2) is 15.0. The van der Waals surface area contributed by atoms with Gasteiger partial charge in [0, 0.05) is 12.8 Å². The van der Waals surface area contributed by atoms with Gasteiger partial charge in [-0.2, -0.15) is 11.8 Å². The Morgan fingerprint density at radius 2 is 1.39 bits per heavy atom. The van der Waals surface area contributed by atoms with E-state index in [9.17, 15) is 28.8 Å². The first kappa shape index (κ1) is 28.1. The Morgan fingerprint density at radius 1 is 0.839 bits per heavy atom. The van der Waals surface area contributed by atoms with Crippen molar-refractivity contribution in [3.05, 3.63) is 0 Å². The van der Waals surface area contributed by atoms with Crippen LogP contribution in [0.5, 0.6) is 0 Å². The van der Waals surface area contributed by atoms with Gasteiger partial charge in [0.25, 0.3) is 0 Å². The van der Waals surface area contributed by atoms with Crippen molar-refractivity contribution < 1.29 is 44.1 Å². The molecule has 0 bridgehead atoms. The Kier molecular flexibility index (Phi) is 13.6. The lowest BCUT2D eigenvalue weighted by Gasteiger charge is -2.21. The van der Waals surface area contributed by atoms with Crippen molar-refractivity contribution in [3.63, 3.8) is 0 Å². The number of nitrogens with one attached hydrogen (secondary N) is 3. The van der Waals surface area contributed by atoms with E-state index in [1.165, 1.54) is 11.8 Å². The molecule has 13 nitrogen and oxygen atoms in total. The van der Waals surface area contributed by atoms with Gasteiger partial charge in [0.15, 0.2) is 0 Å². The van der Waals surface area contributed by atoms with Crippen LogP contribution in [-0.2, 0) is 28.8 Å². The molecule has 3 unspecified atom stereocenters. The number of hydrogen-bond donors (Lipinski definition) is 7. The molecule has 0 heterocycles. The van der Waals surface area contributed by atoms with E-state index in [0.29, 0.717) is 12.2 Å². The van der Waals surface area contributed by atoms with E-state index in [-0.39, 0.29) is 6.42 Å². The zero-order chi connectivity index (χ0) is 24.0. The van der Waals surface area contributed by atoms with E-state index in [0.717, 1.165) is 0 Å². The third kappa shape index (κ3) is 13.1. The maximum absolute atomic E-state index is 12.4. The summed E-state index contributed by atoms with van der Waals surface area (Å²) in [5.74, 6) is -5.72. The average molecular weight is 464 g/mol. The minimum Gasteiger partial charge on any atom is -0.481 e. The van der Waals surface area contributed by atoms with Gasteiger partial charge in [-0.1, -0.05) is 0 Å². The lowest BCUT2D eigenvalue weighted by molar-refractivity contribution is -0.144. The normalized spacial score (nSPS) is 13.4. The van der Waals surface area contributed by atoms with E-state index in [4.69, 9.17) is 21.1 Å². The molecule has 8 N–H and O–H groups in total. The largest absolute Gasteiger partial charge is 0.481 e. The Bertz CT molecular complexity index is 674. The second-order valence-corrected chi connectivity index (χ2v) is 7.48. The summed E-state index contributed by atoms with van der Waals surface area (Å²) in [6, 6.07) is -3.77. The van der Waals surface area contributed by atoms with Crippen LogP contribution in [0.1, 0.15) is 32.1 Å². The molecule has 0 fully saturated rings. The molecule has 0 aliphatic heterocycles. The van der Waals surface area contributed by atoms with Crippen molar-refractivity contribution in [3.8, 4) is 0 Å². The average Bonchev–Trinajstić information content (AvgIpc) is 2.69. The quantitative estimate of drug-likeness (QED) is 0.132. The predicted molar refractivity (Wildman–Crippen MR) is 109 cm³/mol. The molecule has 176 valence electrons. The Labute approximate surface area is 182 Å². The number of carbonyl (C=O) groups excluding carboxylic acids is 3. The number of aliphatic carboxylic acids is 3. The Balaban J connectivity index is 4.95. The monoisotopic (exact) mass is 464 g/mol. The zero-order valence-electron chi connectivity index (χ0n) is 17.0. The number of carboxylic acid groups (broad SMARTS) is 3. The molecular formula is C17H28N4O9S. The van der Waals surface area contributed by atoms with Crippen molar-refractivity contribution in [2.75, 3.05) is 18.6 Å². The Hall–Kier alpha value is -2.87. The highest BCUT2D eigenvalue weighted by Crippen LogP contribution is 2.03. The highest BCUT2D eigenvalue weighted by molar-refractivity contribution is 7.98. The molecule has 31 heavy (non-hydrogen) atoms. The van der Waals surface area contributed by atoms with Gasteiger partial charge in [0.1, 0.15) is 12.1 Å². The van der Waals surface area contributed by atoms with Gasteiger partial charge in [-0.25, -0.2) is 4.79 Å². The summed E-state index contributed by atoms with van der Waals surface area (Å²) in [4.78, 5) is 69.0. The molecule has 0 aliphatic carbocycles. The molecular weight excluding hydrogens is 436 g/mol. The van der Waals surface area contributed by atoms with Gasteiger partial charge >= 0.3 is 17.9 Å². The van der Waals surface area contributed by atoms with Crippen LogP contribution in [0.25, 0.3) is 0 Å². The number of carboxylic acids is 3. The van der Waals surface area contributed by atoms with Crippen molar-refractivity contribution in [2.45, 2.75) is 50.2 Å². The topological polar surface area (TPSA) is 225 Å². The smallest absolute Gasteiger partial charge is 0.326 e. The third-order valence-corrected chi connectivity index (χ3v) is 4.60. The third-order valence-electron chi connectivity index (χ3n) is 3.95. The van der Waals surface area contributed by atoms with E-state index in [2.05, 4.69) is 16.0 Å². The van der Waals surface area contributed by atoms with Gasteiger partial charge in [-0.05, 0) is 31.3 Å². The number of amides is 3. The molecule has 3 amide bonds. The van der Waals surface area contributed by atoms with Crippen molar-refractivity contribution in [1.82, 2.24) is 16.0 Å². The fraction of sp³-hybridized carbons (Fsp3) is 0.647. The van der Waals surface area contributed by atoms with Crippen LogP contribution in [0.15, 0.2) is 0 Å². The van der Waals surface area contributed by atoms with Gasteiger partial charge in [0.2, 0.25) is 17.7 Å². The molecule has 0 saturated carbocycles. The fourth-order valence-corrected chi connectivity index (χ4v) is 2.74. The van der Waals surface area contributed by atoms with Crippen LogP contribution in [0.4, 0.5) is 0 Å². The minimum atomic E-state index is -1.54. The van der Waals surface area contributed by atoms with Crippen LogP contribution in [-0.4, -0.2) is 87.6 Å². The first-order valence-corrected chi connectivity index (χ1v) is 10.7. The predicted octanol–water partition coefficient (Wildman–Crippen LogP) is -2.03. The maximum Gasteiger partial charge on any atom is 0.326 e. The maximum atomic E-state index is 12.4. The number of nitrogens with two attached hydrogens (primary N) is 1. The molecule has 0 aromatic rings. The molecule has 0 rings (SSSR count). The van der Waals surface area contributed by atoms with Gasteiger partial charge in [0.05, 0.1) is 12.6 Å². The summed E-state index contributed by atoms with van der Waals surface area (Å²) in [5, 5.41) is 33.2. The number of hydrogen-bond acceptors (Lipinski definition) is 8. The highest BCUT2D eigenvalue weighted by atomic mass is 32.2. The summed E-state index contributed by atoms with van der Waals surface area (Å²) in [6.07, 6.45) is 0.463. The fourth-order valence-electron chi connectivity index (χ4n) is 2.25. The van der Waals surface area contributed by atoms with Crippen molar-refractivity contribution >= 4 is 47.4 Å². The number of carbonyl (C=O) groups is 6. The summed E-state index contributed by atoms with van der Waals surface area (Å²) < 4.78 is 0. The molecule has 0 aromatic carbocycles. The first-order valence-electron chi connectivity index (χ1n) is 9.26. The van der Waals surface area contributed by atoms with Crippen LogP contribution < -0.4 is 21.7 Å². The molecule has 0 spiro atoms. The van der Waals surface area contributed by atoms with Crippen LogP contribution >= 0.6 is 11.8 Å². The van der Waals surface area contributed by atoms with Crippen molar-refractivity contribution in [1.29, 1.82) is 0 Å². The highest BCUT2D eigenvalue weighted by Gasteiger charge is 2.27. The molecule has 14 heteroatoms. The van der Waals surface area contributed by atoms with E-state index in [1.807, 2.05) is 6.26 Å². The molecule has 0 radical (unpaired) electrons. The molecule has 0 aromatic heterocycles. The number of rotatable bonds is 16. The van der Waals surface area contributed by atoms with E-state index in [1.54, 1.807) is 0 Å². The molecule has 3 atom stereocenters. The first-order chi connectivity index (χ1) is 14.5. The minimum absolute atomic E-state index is 0.348. The van der Waals surface area contributed by atoms with Crippen molar-refractivity contribution in [2.24, 2.45) is 5.73 Å². The summed E-state index contributed by atoms with van der Waals surface area (Å²) in [6.45, 7) is -0.524. The molecule has 0 saturated heterocycles. The van der Waals surface area contributed by atoms with E-state index < -0.39 is 79.6 Å². The summed E-state index contributed by atoms with van der Waals surface area (Å²) in [5.41, 5.74) is 5.67. The van der Waals surface area contributed by atoms with Gasteiger partial charge < -0.3 is 37.0 Å². The lowest BCUT2D eigenvalue weighted by atomic mass is 10.1. The molecule has 0 aliphatic rings. The van der Waals surface area contributed by atoms with Crippen LogP contribution in [0, 0.1) is 0 Å². The van der Waals surface area contributed by atoms with Gasteiger partial charge in [-0.15, -0.1) is 0 Å². The summed E-state index contributed by atoms with van der Waals surface area (Å²) >= 11 is 1.50. The van der Waals surface area contributed by atoms with Gasteiger partial charge in [-0.3, -0.25) is 24.0 Å². The lowest BCUT2D eigenvalue weighted by Crippen LogP contribution is -2.53. The summed E-state index contributed by atoms with van der Waals surface area (Å²) in [7, 11) is 0. The standard InChI is InChI=1S/C17H28N4O9S/c1-31-7-6-9(18)15(27)19-8-12(22)20-10(2-4-13(23)24)16(28)21-11(17(29)30)3-5-14(25)26/h9-11H,2-8,18H2,1H3,(H,19,27)(H,20,22)(H,21,28)(H,23,24)(H,25,26)(H,29,30). The zero-order valence-corrected chi connectivity index (χ0v) is 17.8. The second-order valence-electron chi connectivity index (χ2n) is 6.49. The SMILES string of the molecule is CSCCC(N)C(=O)NCC(=O)NC(CCC(=O)O)C(=O)NC(CCC(=O)O)C(=O)O. The van der Waals surface area contributed by atoms with Crippen LogP contribution in [0.3, 0.4) is 0 Å². The van der Waals surface area contributed by atoms with Crippen LogP contribution in [0.2, 0.25) is 0 Å².